The van der Waals surface area contributed by atoms with E-state index in [4.69, 9.17) is 4.98 Å². The number of hydrogen-bond donors (Lipinski definition) is 1. The molecule has 3 nitrogen and oxygen atoms in total. The fourth-order valence-corrected chi connectivity index (χ4v) is 3.49. The number of nitrogens with one attached hydrogen (secondary N) is 1. The van der Waals surface area contributed by atoms with Crippen LogP contribution in [0.4, 0.5) is 0 Å². The molecule has 2 aromatic rings. The van der Waals surface area contributed by atoms with Gasteiger partial charge in [-0.2, -0.15) is 5.10 Å². The number of rotatable bonds is 2. The second kappa shape index (κ2) is 4.48. The summed E-state index contributed by atoms with van der Waals surface area (Å²) in [6, 6.07) is 8.66. The molecule has 1 heterocycles. The summed E-state index contributed by atoms with van der Waals surface area (Å²) < 4.78 is 0. The second-order valence-electron chi connectivity index (χ2n) is 5.87. The van der Waals surface area contributed by atoms with Crippen molar-refractivity contribution in [3.8, 4) is 0 Å². The fourth-order valence-electron chi connectivity index (χ4n) is 3.49. The number of fused-ring (bicyclic) bond motifs is 1. The first-order valence-corrected chi connectivity index (χ1v) is 7.42. The van der Waals surface area contributed by atoms with E-state index >= 15 is 0 Å². The monoisotopic (exact) mass is 253 g/mol. The first-order valence-electron chi connectivity index (χ1n) is 7.42. The zero-order valence-corrected chi connectivity index (χ0v) is 11.1. The summed E-state index contributed by atoms with van der Waals surface area (Å²) in [5, 5.41) is 7.66. The summed E-state index contributed by atoms with van der Waals surface area (Å²) in [5.41, 5.74) is 2.89. The Bertz CT molecular complexity index is 581. The molecule has 1 unspecified atom stereocenters. The van der Waals surface area contributed by atoms with Crippen molar-refractivity contribution in [1.82, 2.24) is 15.2 Å². The zero-order valence-electron chi connectivity index (χ0n) is 11.1. The molecule has 19 heavy (non-hydrogen) atoms. The van der Waals surface area contributed by atoms with E-state index in [2.05, 4.69) is 34.5 Å². The highest BCUT2D eigenvalue weighted by Crippen LogP contribution is 2.39. The maximum Gasteiger partial charge on any atom is 0.153 e. The predicted molar refractivity (Wildman–Crippen MR) is 74.2 cm³/mol. The van der Waals surface area contributed by atoms with Gasteiger partial charge in [0, 0.05) is 11.8 Å². The third kappa shape index (κ3) is 1.88. The Morgan fingerprint density at radius 3 is 2.74 bits per heavy atom. The van der Waals surface area contributed by atoms with Crippen molar-refractivity contribution in [2.45, 2.75) is 50.4 Å². The van der Waals surface area contributed by atoms with E-state index in [-0.39, 0.29) is 0 Å². The highest BCUT2D eigenvalue weighted by Gasteiger charge is 2.30. The minimum Gasteiger partial charge on any atom is -0.263 e. The van der Waals surface area contributed by atoms with Crippen molar-refractivity contribution >= 4 is 0 Å². The van der Waals surface area contributed by atoms with Crippen molar-refractivity contribution in [1.29, 1.82) is 0 Å². The zero-order chi connectivity index (χ0) is 12.7. The minimum absolute atomic E-state index is 0.445. The van der Waals surface area contributed by atoms with Crippen LogP contribution >= 0.6 is 0 Å². The van der Waals surface area contributed by atoms with Crippen LogP contribution in [0.15, 0.2) is 24.3 Å². The van der Waals surface area contributed by atoms with Crippen molar-refractivity contribution in [2.24, 2.45) is 0 Å². The van der Waals surface area contributed by atoms with Crippen LogP contribution in [-0.4, -0.2) is 15.2 Å². The lowest BCUT2D eigenvalue weighted by Gasteiger charge is -2.28. The van der Waals surface area contributed by atoms with Gasteiger partial charge in [-0.05, 0) is 30.4 Å². The summed E-state index contributed by atoms with van der Waals surface area (Å²) in [4.78, 5) is 4.79. The van der Waals surface area contributed by atoms with Crippen LogP contribution in [0.3, 0.4) is 0 Å². The van der Waals surface area contributed by atoms with E-state index < -0.39 is 0 Å². The number of H-pyrrole nitrogens is 1. The van der Waals surface area contributed by atoms with Crippen LogP contribution in [0.1, 0.15) is 66.7 Å². The van der Waals surface area contributed by atoms with Gasteiger partial charge in [-0.1, -0.05) is 43.5 Å². The van der Waals surface area contributed by atoms with Gasteiger partial charge in [0.1, 0.15) is 5.82 Å². The van der Waals surface area contributed by atoms with E-state index in [1.165, 1.54) is 43.2 Å². The van der Waals surface area contributed by atoms with Crippen molar-refractivity contribution in [3.63, 3.8) is 0 Å². The maximum atomic E-state index is 4.79. The Morgan fingerprint density at radius 2 is 1.89 bits per heavy atom. The van der Waals surface area contributed by atoms with E-state index in [9.17, 15) is 0 Å². The molecule has 0 spiro atoms. The van der Waals surface area contributed by atoms with Crippen molar-refractivity contribution in [3.05, 3.63) is 47.0 Å². The molecule has 1 aromatic heterocycles. The quantitative estimate of drug-likeness (QED) is 0.889. The molecule has 1 N–H and O–H groups in total. The van der Waals surface area contributed by atoms with Crippen LogP contribution in [0, 0.1) is 0 Å². The molecule has 1 saturated carbocycles. The molecule has 0 aliphatic heterocycles. The lowest BCUT2D eigenvalue weighted by Crippen LogP contribution is -2.19. The van der Waals surface area contributed by atoms with E-state index in [1.807, 2.05) is 0 Å². The molecule has 0 bridgehead atoms. The van der Waals surface area contributed by atoms with Gasteiger partial charge in [0.2, 0.25) is 0 Å². The SMILES string of the molecule is c1ccc2c(c1)CC2c1nc(C2CCCCC2)n[nH]1. The second-order valence-corrected chi connectivity index (χ2v) is 5.87. The van der Waals surface area contributed by atoms with E-state index in [0.717, 1.165) is 18.1 Å². The molecule has 1 atom stereocenters. The lowest BCUT2D eigenvalue weighted by atomic mass is 9.77. The highest BCUT2D eigenvalue weighted by atomic mass is 15.2. The molecule has 2 aliphatic carbocycles. The summed E-state index contributed by atoms with van der Waals surface area (Å²) in [6.07, 6.45) is 7.68. The van der Waals surface area contributed by atoms with Gasteiger partial charge in [-0.3, -0.25) is 5.10 Å². The molecule has 0 saturated heterocycles. The molecular formula is C16H19N3. The highest BCUT2D eigenvalue weighted by molar-refractivity contribution is 5.43. The molecule has 0 radical (unpaired) electrons. The first kappa shape index (κ1) is 11.2. The normalized spacial score (nSPS) is 22.8. The number of aromatic nitrogens is 3. The van der Waals surface area contributed by atoms with Crippen LogP contribution < -0.4 is 0 Å². The average Bonchev–Trinajstić information content (AvgIpc) is 2.91. The number of aromatic amines is 1. The minimum atomic E-state index is 0.445. The summed E-state index contributed by atoms with van der Waals surface area (Å²) in [7, 11) is 0. The topological polar surface area (TPSA) is 41.6 Å². The number of nitrogens with zero attached hydrogens (tertiary/aromatic N) is 2. The van der Waals surface area contributed by atoms with Crippen LogP contribution in [0.25, 0.3) is 0 Å². The van der Waals surface area contributed by atoms with Gasteiger partial charge in [-0.25, -0.2) is 4.98 Å². The van der Waals surface area contributed by atoms with E-state index in [1.54, 1.807) is 0 Å². The van der Waals surface area contributed by atoms with Gasteiger partial charge >= 0.3 is 0 Å². The molecule has 4 rings (SSSR count). The largest absolute Gasteiger partial charge is 0.263 e. The van der Waals surface area contributed by atoms with Crippen molar-refractivity contribution in [2.75, 3.05) is 0 Å². The smallest absolute Gasteiger partial charge is 0.153 e. The number of benzene rings is 1. The van der Waals surface area contributed by atoms with Gasteiger partial charge in [0.15, 0.2) is 5.82 Å². The van der Waals surface area contributed by atoms with E-state index in [0.29, 0.717) is 11.8 Å². The van der Waals surface area contributed by atoms with Crippen LogP contribution in [0.5, 0.6) is 0 Å². The Balaban J connectivity index is 1.56. The molecular weight excluding hydrogens is 234 g/mol. The first-order chi connectivity index (χ1) is 9.42. The lowest BCUT2D eigenvalue weighted by molar-refractivity contribution is 0.429. The molecule has 2 aliphatic rings. The molecule has 3 heteroatoms. The van der Waals surface area contributed by atoms with Crippen LogP contribution in [0.2, 0.25) is 0 Å². The number of hydrogen-bond acceptors (Lipinski definition) is 2. The van der Waals surface area contributed by atoms with Crippen LogP contribution in [-0.2, 0) is 6.42 Å². The summed E-state index contributed by atoms with van der Waals surface area (Å²) in [5.74, 6) is 3.16. The third-order valence-electron chi connectivity index (χ3n) is 4.67. The Labute approximate surface area is 113 Å². The third-order valence-corrected chi connectivity index (χ3v) is 4.67. The summed E-state index contributed by atoms with van der Waals surface area (Å²) >= 11 is 0. The maximum absolute atomic E-state index is 4.79. The Kier molecular flexibility index (Phi) is 2.64. The summed E-state index contributed by atoms with van der Waals surface area (Å²) in [6.45, 7) is 0. The predicted octanol–water partition coefficient (Wildman–Crippen LogP) is 3.54. The molecule has 0 amide bonds. The standard InChI is InChI=1S/C16H19N3/c1-2-6-11(7-3-1)15-17-16(19-18-15)14-10-12-8-4-5-9-13(12)14/h4-5,8-9,11,14H,1-3,6-7,10H2,(H,17,18,19). The molecule has 1 fully saturated rings. The fraction of sp³-hybridized carbons (Fsp3) is 0.500. The molecule has 98 valence electrons. The Morgan fingerprint density at radius 1 is 1.05 bits per heavy atom. The van der Waals surface area contributed by atoms with Gasteiger partial charge in [-0.15, -0.1) is 0 Å². The van der Waals surface area contributed by atoms with Gasteiger partial charge in [0.25, 0.3) is 0 Å². The Hall–Kier alpha value is -1.64. The average molecular weight is 253 g/mol. The van der Waals surface area contributed by atoms with Crippen molar-refractivity contribution < 1.29 is 0 Å². The van der Waals surface area contributed by atoms with Gasteiger partial charge < -0.3 is 0 Å². The molecule has 1 aromatic carbocycles. The van der Waals surface area contributed by atoms with Gasteiger partial charge in [0.05, 0.1) is 0 Å².